The van der Waals surface area contributed by atoms with Gasteiger partial charge in [0.05, 0.1) is 0 Å². The predicted octanol–water partition coefficient (Wildman–Crippen LogP) is 2.94. The third kappa shape index (κ3) is 3.13. The van der Waals surface area contributed by atoms with E-state index in [-0.39, 0.29) is 11.3 Å². The zero-order valence-corrected chi connectivity index (χ0v) is 8.99. The quantitative estimate of drug-likeness (QED) is 0.896. The molecule has 0 amide bonds. The van der Waals surface area contributed by atoms with Crippen molar-refractivity contribution in [3.05, 3.63) is 52.9 Å². The van der Waals surface area contributed by atoms with Gasteiger partial charge in [-0.1, -0.05) is 12.1 Å². The second kappa shape index (κ2) is 4.56. The van der Waals surface area contributed by atoms with Gasteiger partial charge in [0.1, 0.15) is 5.75 Å². The van der Waals surface area contributed by atoms with Crippen molar-refractivity contribution in [2.45, 2.75) is 6.36 Å². The van der Waals surface area contributed by atoms with E-state index in [1.165, 1.54) is 30.5 Å². The molecular formula is C12H8F3NO2. The molecule has 94 valence electrons. The number of rotatable bonds is 2. The van der Waals surface area contributed by atoms with E-state index in [2.05, 4.69) is 9.72 Å². The Morgan fingerprint density at radius 3 is 2.44 bits per heavy atom. The minimum Gasteiger partial charge on any atom is -0.406 e. The van der Waals surface area contributed by atoms with Gasteiger partial charge in [-0.3, -0.25) is 4.79 Å². The van der Waals surface area contributed by atoms with Crippen LogP contribution in [0.4, 0.5) is 13.2 Å². The molecule has 1 aromatic heterocycles. The minimum atomic E-state index is -4.73. The molecule has 0 atom stereocenters. The van der Waals surface area contributed by atoms with Gasteiger partial charge in [-0.05, 0) is 29.3 Å². The molecule has 0 saturated heterocycles. The van der Waals surface area contributed by atoms with Crippen LogP contribution in [-0.4, -0.2) is 11.3 Å². The van der Waals surface area contributed by atoms with Crippen molar-refractivity contribution >= 4 is 0 Å². The Morgan fingerprint density at radius 2 is 1.78 bits per heavy atom. The van der Waals surface area contributed by atoms with E-state index in [1.807, 2.05) is 0 Å². The van der Waals surface area contributed by atoms with E-state index in [0.717, 1.165) is 0 Å². The maximum absolute atomic E-state index is 12.1. The molecule has 0 saturated carbocycles. The number of aromatic amines is 1. The van der Waals surface area contributed by atoms with Gasteiger partial charge in [0.2, 0.25) is 5.56 Å². The summed E-state index contributed by atoms with van der Waals surface area (Å²) in [6.07, 6.45) is -3.30. The fourth-order valence-corrected chi connectivity index (χ4v) is 1.50. The summed E-state index contributed by atoms with van der Waals surface area (Å²) in [5, 5.41) is 0. The van der Waals surface area contributed by atoms with E-state index in [0.29, 0.717) is 11.1 Å². The Balaban J connectivity index is 2.36. The summed E-state index contributed by atoms with van der Waals surface area (Å²) in [7, 11) is 0. The fourth-order valence-electron chi connectivity index (χ4n) is 1.50. The number of hydrogen-bond donors (Lipinski definition) is 1. The maximum atomic E-state index is 12.1. The number of hydrogen-bond acceptors (Lipinski definition) is 2. The van der Waals surface area contributed by atoms with Crippen LogP contribution in [0.3, 0.4) is 0 Å². The first-order valence-corrected chi connectivity index (χ1v) is 4.99. The highest BCUT2D eigenvalue weighted by Gasteiger charge is 2.31. The van der Waals surface area contributed by atoms with E-state index in [1.54, 1.807) is 12.1 Å². The lowest BCUT2D eigenvalue weighted by atomic mass is 10.1. The van der Waals surface area contributed by atoms with Crippen LogP contribution in [0, 0.1) is 0 Å². The van der Waals surface area contributed by atoms with Crippen LogP contribution in [-0.2, 0) is 0 Å². The maximum Gasteiger partial charge on any atom is 0.573 e. The standard InChI is InChI=1S/C12H8F3NO2/c13-12(14,15)18-10-3-1-2-8(6-10)9-4-5-16-11(17)7-9/h1-7H,(H,16,17). The molecular weight excluding hydrogens is 247 g/mol. The molecule has 1 aromatic carbocycles. The zero-order chi connectivity index (χ0) is 13.2. The first-order valence-electron chi connectivity index (χ1n) is 4.99. The highest BCUT2D eigenvalue weighted by molar-refractivity contribution is 5.64. The van der Waals surface area contributed by atoms with Crippen LogP contribution >= 0.6 is 0 Å². The third-order valence-electron chi connectivity index (χ3n) is 2.18. The van der Waals surface area contributed by atoms with Crippen molar-refractivity contribution < 1.29 is 17.9 Å². The van der Waals surface area contributed by atoms with Crippen molar-refractivity contribution in [2.75, 3.05) is 0 Å². The smallest absolute Gasteiger partial charge is 0.406 e. The van der Waals surface area contributed by atoms with E-state index in [9.17, 15) is 18.0 Å². The second-order valence-electron chi connectivity index (χ2n) is 3.52. The van der Waals surface area contributed by atoms with Gasteiger partial charge in [0.15, 0.2) is 0 Å². The summed E-state index contributed by atoms with van der Waals surface area (Å²) < 4.78 is 40.0. The van der Waals surface area contributed by atoms with E-state index >= 15 is 0 Å². The molecule has 3 nitrogen and oxygen atoms in total. The lowest BCUT2D eigenvalue weighted by Crippen LogP contribution is -2.17. The lowest BCUT2D eigenvalue weighted by molar-refractivity contribution is -0.274. The Morgan fingerprint density at radius 1 is 1.06 bits per heavy atom. The summed E-state index contributed by atoms with van der Waals surface area (Å²) in [4.78, 5) is 13.5. The predicted molar refractivity (Wildman–Crippen MR) is 59.2 cm³/mol. The number of H-pyrrole nitrogens is 1. The number of halogens is 3. The Hall–Kier alpha value is -2.24. The van der Waals surface area contributed by atoms with Crippen LogP contribution in [0.5, 0.6) is 5.75 Å². The molecule has 0 aliphatic rings. The molecule has 6 heteroatoms. The molecule has 1 heterocycles. The van der Waals surface area contributed by atoms with Crippen LogP contribution in [0.25, 0.3) is 11.1 Å². The number of pyridine rings is 1. The first kappa shape index (κ1) is 12.2. The van der Waals surface area contributed by atoms with Crippen LogP contribution in [0.15, 0.2) is 47.4 Å². The van der Waals surface area contributed by atoms with Crippen LogP contribution < -0.4 is 10.3 Å². The summed E-state index contributed by atoms with van der Waals surface area (Å²) in [5.74, 6) is -0.319. The molecule has 0 unspecified atom stereocenters. The van der Waals surface area contributed by atoms with Gasteiger partial charge in [-0.25, -0.2) is 0 Å². The molecule has 18 heavy (non-hydrogen) atoms. The number of alkyl halides is 3. The topological polar surface area (TPSA) is 42.1 Å². The molecule has 0 fully saturated rings. The van der Waals surface area contributed by atoms with Crippen molar-refractivity contribution in [3.63, 3.8) is 0 Å². The van der Waals surface area contributed by atoms with E-state index < -0.39 is 6.36 Å². The van der Waals surface area contributed by atoms with Crippen molar-refractivity contribution in [1.29, 1.82) is 0 Å². The number of aromatic nitrogens is 1. The third-order valence-corrected chi connectivity index (χ3v) is 2.18. The van der Waals surface area contributed by atoms with Gasteiger partial charge in [0, 0.05) is 12.3 Å². The summed E-state index contributed by atoms with van der Waals surface area (Å²) in [6.45, 7) is 0. The Bertz CT molecular complexity index is 605. The monoisotopic (exact) mass is 255 g/mol. The molecule has 1 N–H and O–H groups in total. The first-order chi connectivity index (χ1) is 8.44. The SMILES string of the molecule is O=c1cc(-c2cccc(OC(F)(F)F)c2)cc[nH]1. The van der Waals surface area contributed by atoms with Crippen molar-refractivity contribution in [1.82, 2.24) is 4.98 Å². The Labute approximate surface area is 99.8 Å². The molecule has 0 aliphatic heterocycles. The molecule has 2 aromatic rings. The summed E-state index contributed by atoms with van der Waals surface area (Å²) >= 11 is 0. The fraction of sp³-hybridized carbons (Fsp3) is 0.0833. The second-order valence-corrected chi connectivity index (χ2v) is 3.52. The van der Waals surface area contributed by atoms with Crippen molar-refractivity contribution in [3.8, 4) is 16.9 Å². The summed E-state index contributed by atoms with van der Waals surface area (Å²) in [6, 6.07) is 8.34. The molecule has 0 bridgehead atoms. The van der Waals surface area contributed by atoms with E-state index in [4.69, 9.17) is 0 Å². The van der Waals surface area contributed by atoms with Gasteiger partial charge >= 0.3 is 6.36 Å². The molecule has 0 aliphatic carbocycles. The number of nitrogens with one attached hydrogen (secondary N) is 1. The Kier molecular flexibility index (Phi) is 3.10. The van der Waals surface area contributed by atoms with Gasteiger partial charge in [-0.15, -0.1) is 13.2 Å². The normalized spacial score (nSPS) is 11.3. The number of benzene rings is 1. The number of ether oxygens (including phenoxy) is 1. The van der Waals surface area contributed by atoms with Gasteiger partial charge in [-0.2, -0.15) is 0 Å². The summed E-state index contributed by atoms with van der Waals surface area (Å²) in [5.41, 5.74) is 0.670. The average Bonchev–Trinajstić information content (AvgIpc) is 2.27. The molecule has 2 rings (SSSR count). The zero-order valence-electron chi connectivity index (χ0n) is 8.99. The van der Waals surface area contributed by atoms with Gasteiger partial charge in [0.25, 0.3) is 0 Å². The lowest BCUT2D eigenvalue weighted by Gasteiger charge is -2.09. The average molecular weight is 255 g/mol. The van der Waals surface area contributed by atoms with Crippen LogP contribution in [0.1, 0.15) is 0 Å². The largest absolute Gasteiger partial charge is 0.573 e. The highest BCUT2D eigenvalue weighted by atomic mass is 19.4. The van der Waals surface area contributed by atoms with Gasteiger partial charge < -0.3 is 9.72 Å². The molecule has 0 radical (unpaired) electrons. The molecule has 0 spiro atoms. The van der Waals surface area contributed by atoms with Crippen LogP contribution in [0.2, 0.25) is 0 Å². The highest BCUT2D eigenvalue weighted by Crippen LogP contribution is 2.27. The van der Waals surface area contributed by atoms with Crippen molar-refractivity contribution in [2.24, 2.45) is 0 Å². The minimum absolute atomic E-state index is 0.319.